The van der Waals surface area contributed by atoms with Crippen LogP contribution in [0.2, 0.25) is 5.02 Å². The fraction of sp³-hybridized carbons (Fsp3) is 0.500. The summed E-state index contributed by atoms with van der Waals surface area (Å²) >= 11 is 6.04. The van der Waals surface area contributed by atoms with E-state index in [0.717, 1.165) is 12.0 Å². The van der Waals surface area contributed by atoms with Crippen LogP contribution in [-0.4, -0.2) is 25.5 Å². The lowest BCUT2D eigenvalue weighted by Crippen LogP contribution is -2.45. The normalized spacial score (nSPS) is 11.0. The molecule has 22 heavy (non-hydrogen) atoms. The van der Waals surface area contributed by atoms with E-state index < -0.39 is 11.3 Å². The zero-order valence-electron chi connectivity index (χ0n) is 13.7. The lowest BCUT2D eigenvalue weighted by Gasteiger charge is -2.23. The minimum Gasteiger partial charge on any atom is -0.495 e. The van der Waals surface area contributed by atoms with Gasteiger partial charge in [-0.25, -0.2) is 0 Å². The summed E-state index contributed by atoms with van der Waals surface area (Å²) in [6.07, 6.45) is 0.813. The zero-order chi connectivity index (χ0) is 16.9. The van der Waals surface area contributed by atoms with Crippen molar-refractivity contribution >= 4 is 29.1 Å². The number of amides is 2. The molecule has 1 rings (SSSR count). The number of benzene rings is 1. The second-order valence-corrected chi connectivity index (χ2v) is 6.04. The van der Waals surface area contributed by atoms with E-state index in [4.69, 9.17) is 16.3 Å². The summed E-state index contributed by atoms with van der Waals surface area (Å²) in [4.78, 5) is 24.5. The van der Waals surface area contributed by atoms with Crippen LogP contribution in [0.1, 0.15) is 32.8 Å². The fourth-order valence-corrected chi connectivity index (χ4v) is 1.92. The third-order valence-corrected chi connectivity index (χ3v) is 3.81. The fourth-order valence-electron chi connectivity index (χ4n) is 1.77. The lowest BCUT2D eigenvalue weighted by molar-refractivity contribution is -0.138. The van der Waals surface area contributed by atoms with Crippen LogP contribution in [0.4, 0.5) is 5.69 Å². The summed E-state index contributed by atoms with van der Waals surface area (Å²) in [5, 5.41) is 6.03. The molecule has 6 heteroatoms. The predicted molar refractivity (Wildman–Crippen MR) is 88.5 cm³/mol. The molecule has 2 N–H and O–H groups in total. The van der Waals surface area contributed by atoms with E-state index in [2.05, 4.69) is 10.6 Å². The number of carbonyl (C=O) groups is 2. The number of halogens is 1. The lowest BCUT2D eigenvalue weighted by atomic mass is 9.91. The first-order chi connectivity index (χ1) is 10.2. The quantitative estimate of drug-likeness (QED) is 0.789. The van der Waals surface area contributed by atoms with Crippen molar-refractivity contribution in [1.29, 1.82) is 0 Å². The number of rotatable bonds is 6. The molecule has 0 unspecified atom stereocenters. The summed E-state index contributed by atoms with van der Waals surface area (Å²) < 4.78 is 5.22. The van der Waals surface area contributed by atoms with Gasteiger partial charge in [0.1, 0.15) is 11.2 Å². The van der Waals surface area contributed by atoms with Gasteiger partial charge < -0.3 is 15.4 Å². The first-order valence-corrected chi connectivity index (χ1v) is 7.55. The third kappa shape index (κ3) is 4.13. The average Bonchev–Trinajstić information content (AvgIpc) is 2.47. The number of hydrogen-bond acceptors (Lipinski definition) is 3. The van der Waals surface area contributed by atoms with Gasteiger partial charge >= 0.3 is 0 Å². The van der Waals surface area contributed by atoms with Gasteiger partial charge in [0.05, 0.1) is 12.8 Å². The molecule has 0 spiro atoms. The summed E-state index contributed by atoms with van der Waals surface area (Å²) in [5.74, 6) is -0.258. The van der Waals surface area contributed by atoms with Crippen LogP contribution in [-0.2, 0) is 9.59 Å². The Labute approximate surface area is 136 Å². The SMILES string of the molecule is CCCNC(=O)C(C)(C)C(=O)Nc1cc(C)c(Cl)cc1OC. The van der Waals surface area contributed by atoms with E-state index in [9.17, 15) is 9.59 Å². The maximum atomic E-state index is 12.4. The van der Waals surface area contributed by atoms with Crippen LogP contribution in [0, 0.1) is 12.3 Å². The van der Waals surface area contributed by atoms with E-state index in [1.807, 2.05) is 13.8 Å². The zero-order valence-corrected chi connectivity index (χ0v) is 14.4. The minimum atomic E-state index is -1.19. The first-order valence-electron chi connectivity index (χ1n) is 7.17. The summed E-state index contributed by atoms with van der Waals surface area (Å²) in [6.45, 7) is 7.50. The summed E-state index contributed by atoms with van der Waals surface area (Å²) in [5.41, 5.74) is 0.116. The van der Waals surface area contributed by atoms with Crippen LogP contribution >= 0.6 is 11.6 Å². The Balaban J connectivity index is 2.96. The molecule has 1 aromatic carbocycles. The molecule has 0 bridgehead atoms. The Morgan fingerprint density at radius 1 is 1.27 bits per heavy atom. The van der Waals surface area contributed by atoms with Crippen LogP contribution in [0.5, 0.6) is 5.75 Å². The van der Waals surface area contributed by atoms with Crippen molar-refractivity contribution in [3.63, 3.8) is 0 Å². The molecule has 122 valence electrons. The number of carbonyl (C=O) groups excluding carboxylic acids is 2. The van der Waals surface area contributed by atoms with Crippen LogP contribution in [0.15, 0.2) is 12.1 Å². The molecule has 0 saturated carbocycles. The van der Waals surface area contributed by atoms with Gasteiger partial charge in [-0.2, -0.15) is 0 Å². The molecule has 0 aromatic heterocycles. The molecular formula is C16H23ClN2O3. The molecule has 0 atom stereocenters. The highest BCUT2D eigenvalue weighted by molar-refractivity contribution is 6.31. The van der Waals surface area contributed by atoms with Gasteiger partial charge in [-0.3, -0.25) is 9.59 Å². The molecule has 1 aromatic rings. The van der Waals surface area contributed by atoms with Crippen molar-refractivity contribution in [2.75, 3.05) is 19.0 Å². The maximum absolute atomic E-state index is 12.4. The molecule has 2 amide bonds. The topological polar surface area (TPSA) is 67.4 Å². The smallest absolute Gasteiger partial charge is 0.239 e. The molecule has 0 heterocycles. The highest BCUT2D eigenvalue weighted by Gasteiger charge is 2.36. The van der Waals surface area contributed by atoms with Crippen molar-refractivity contribution in [3.8, 4) is 5.75 Å². The maximum Gasteiger partial charge on any atom is 0.239 e. The molecule has 0 saturated heterocycles. The largest absolute Gasteiger partial charge is 0.495 e. The van der Waals surface area contributed by atoms with Crippen molar-refractivity contribution in [1.82, 2.24) is 5.32 Å². The second kappa shape index (κ2) is 7.49. The first kappa shape index (κ1) is 18.3. The molecular weight excluding hydrogens is 304 g/mol. The number of ether oxygens (including phenoxy) is 1. The Hall–Kier alpha value is -1.75. The Bertz CT molecular complexity index is 571. The van der Waals surface area contributed by atoms with Crippen LogP contribution in [0.25, 0.3) is 0 Å². The predicted octanol–water partition coefficient (Wildman–Crippen LogP) is 3.15. The van der Waals surface area contributed by atoms with Gasteiger partial charge in [0.25, 0.3) is 0 Å². The van der Waals surface area contributed by atoms with Crippen molar-refractivity contribution < 1.29 is 14.3 Å². The Morgan fingerprint density at radius 2 is 1.91 bits per heavy atom. The molecule has 0 aliphatic carbocycles. The van der Waals surface area contributed by atoms with E-state index in [1.54, 1.807) is 26.0 Å². The molecule has 0 fully saturated rings. The van der Waals surface area contributed by atoms with E-state index in [0.29, 0.717) is 23.0 Å². The second-order valence-electron chi connectivity index (χ2n) is 5.64. The Morgan fingerprint density at radius 3 is 2.45 bits per heavy atom. The Kier molecular flexibility index (Phi) is 6.23. The van der Waals surface area contributed by atoms with E-state index in [1.165, 1.54) is 7.11 Å². The number of anilines is 1. The highest BCUT2D eigenvalue weighted by Crippen LogP contribution is 2.32. The summed E-state index contributed by atoms with van der Waals surface area (Å²) in [7, 11) is 1.50. The van der Waals surface area contributed by atoms with Crippen molar-refractivity contribution in [2.24, 2.45) is 5.41 Å². The number of aryl methyl sites for hydroxylation is 1. The third-order valence-electron chi connectivity index (χ3n) is 3.40. The number of methoxy groups -OCH3 is 1. The van der Waals surface area contributed by atoms with Gasteiger partial charge in [-0.15, -0.1) is 0 Å². The highest BCUT2D eigenvalue weighted by atomic mass is 35.5. The van der Waals surface area contributed by atoms with Crippen LogP contribution in [0.3, 0.4) is 0 Å². The van der Waals surface area contributed by atoms with Crippen LogP contribution < -0.4 is 15.4 Å². The van der Waals surface area contributed by atoms with Gasteiger partial charge in [-0.05, 0) is 38.8 Å². The van der Waals surface area contributed by atoms with Gasteiger partial charge in [-0.1, -0.05) is 18.5 Å². The molecule has 0 aliphatic rings. The molecule has 0 aliphatic heterocycles. The molecule has 0 radical (unpaired) electrons. The average molecular weight is 327 g/mol. The van der Waals surface area contributed by atoms with Gasteiger partial charge in [0.15, 0.2) is 0 Å². The standard InChI is InChI=1S/C16H23ClN2O3/c1-6-7-18-14(20)16(3,4)15(21)19-12-8-10(2)11(17)9-13(12)22-5/h8-9H,6-7H2,1-5H3,(H,18,20)(H,19,21). The molecule has 5 nitrogen and oxygen atoms in total. The van der Waals surface area contributed by atoms with Crippen molar-refractivity contribution in [3.05, 3.63) is 22.7 Å². The van der Waals surface area contributed by atoms with Gasteiger partial charge in [0.2, 0.25) is 11.8 Å². The van der Waals surface area contributed by atoms with E-state index in [-0.39, 0.29) is 5.91 Å². The monoisotopic (exact) mass is 326 g/mol. The number of nitrogens with one attached hydrogen (secondary N) is 2. The van der Waals surface area contributed by atoms with E-state index >= 15 is 0 Å². The van der Waals surface area contributed by atoms with Gasteiger partial charge in [0, 0.05) is 17.6 Å². The van der Waals surface area contributed by atoms with Crippen molar-refractivity contribution in [2.45, 2.75) is 34.1 Å². The number of hydrogen-bond donors (Lipinski definition) is 2. The summed E-state index contributed by atoms with van der Waals surface area (Å²) in [6, 6.07) is 3.36. The minimum absolute atomic E-state index is 0.309.